The maximum absolute atomic E-state index is 5.40. The SMILES string of the molecule is Cc1cc(SCCCN)n(C)n1. The molecule has 68 valence electrons. The summed E-state index contributed by atoms with van der Waals surface area (Å²) < 4.78 is 1.91. The van der Waals surface area contributed by atoms with Crippen molar-refractivity contribution in [3.63, 3.8) is 0 Å². The van der Waals surface area contributed by atoms with E-state index in [4.69, 9.17) is 5.73 Å². The normalized spacial score (nSPS) is 10.6. The number of hydrogen-bond donors (Lipinski definition) is 1. The molecule has 0 aliphatic rings. The molecule has 0 saturated heterocycles. The van der Waals surface area contributed by atoms with Gasteiger partial charge in [-0.15, -0.1) is 11.8 Å². The molecule has 0 aliphatic carbocycles. The average Bonchev–Trinajstić information content (AvgIpc) is 2.31. The third kappa shape index (κ3) is 2.53. The molecular formula is C8H15N3S. The molecule has 1 aromatic heterocycles. The van der Waals surface area contributed by atoms with Crippen molar-refractivity contribution in [2.75, 3.05) is 12.3 Å². The Bertz CT molecular complexity index is 244. The minimum absolute atomic E-state index is 0.768. The van der Waals surface area contributed by atoms with E-state index >= 15 is 0 Å². The van der Waals surface area contributed by atoms with Crippen LogP contribution < -0.4 is 5.73 Å². The molecule has 4 heteroatoms. The van der Waals surface area contributed by atoms with Crippen molar-refractivity contribution < 1.29 is 0 Å². The molecule has 0 atom stereocenters. The first-order valence-electron chi connectivity index (χ1n) is 4.07. The summed E-state index contributed by atoms with van der Waals surface area (Å²) in [7, 11) is 1.97. The van der Waals surface area contributed by atoms with Gasteiger partial charge in [-0.1, -0.05) is 0 Å². The van der Waals surface area contributed by atoms with Crippen molar-refractivity contribution in [1.82, 2.24) is 9.78 Å². The van der Waals surface area contributed by atoms with Crippen molar-refractivity contribution in [1.29, 1.82) is 0 Å². The van der Waals surface area contributed by atoms with Gasteiger partial charge < -0.3 is 5.73 Å². The molecule has 1 rings (SSSR count). The summed E-state index contributed by atoms with van der Waals surface area (Å²) in [5.74, 6) is 1.08. The monoisotopic (exact) mass is 185 g/mol. The largest absolute Gasteiger partial charge is 0.330 e. The summed E-state index contributed by atoms with van der Waals surface area (Å²) in [5.41, 5.74) is 6.48. The number of hydrogen-bond acceptors (Lipinski definition) is 3. The maximum atomic E-state index is 5.40. The van der Waals surface area contributed by atoms with Gasteiger partial charge in [0.15, 0.2) is 0 Å². The number of nitrogens with zero attached hydrogens (tertiary/aromatic N) is 2. The minimum atomic E-state index is 0.768. The molecule has 1 aromatic rings. The van der Waals surface area contributed by atoms with Crippen LogP contribution in [-0.2, 0) is 7.05 Å². The summed E-state index contributed by atoms with van der Waals surface area (Å²) in [6.07, 6.45) is 1.06. The topological polar surface area (TPSA) is 43.8 Å². The third-order valence-corrected chi connectivity index (χ3v) is 2.73. The summed E-state index contributed by atoms with van der Waals surface area (Å²) in [6.45, 7) is 2.77. The van der Waals surface area contributed by atoms with E-state index in [2.05, 4.69) is 11.2 Å². The van der Waals surface area contributed by atoms with Gasteiger partial charge in [0.2, 0.25) is 0 Å². The second-order valence-corrected chi connectivity index (χ2v) is 3.85. The highest BCUT2D eigenvalue weighted by molar-refractivity contribution is 7.99. The first-order valence-corrected chi connectivity index (χ1v) is 5.06. The zero-order chi connectivity index (χ0) is 8.97. The van der Waals surface area contributed by atoms with E-state index < -0.39 is 0 Å². The molecule has 0 radical (unpaired) electrons. The summed E-state index contributed by atoms with van der Waals surface area (Å²) in [4.78, 5) is 0. The van der Waals surface area contributed by atoms with Crippen molar-refractivity contribution >= 4 is 11.8 Å². The highest BCUT2D eigenvalue weighted by Gasteiger charge is 2.00. The van der Waals surface area contributed by atoms with Crippen LogP contribution in [0.25, 0.3) is 0 Å². The summed E-state index contributed by atoms with van der Waals surface area (Å²) >= 11 is 1.81. The van der Waals surface area contributed by atoms with E-state index in [-0.39, 0.29) is 0 Å². The van der Waals surface area contributed by atoms with Crippen LogP contribution in [0.5, 0.6) is 0 Å². The molecule has 1 heterocycles. The zero-order valence-electron chi connectivity index (χ0n) is 7.58. The summed E-state index contributed by atoms with van der Waals surface area (Å²) in [5, 5.41) is 5.48. The Labute approximate surface area is 77.3 Å². The van der Waals surface area contributed by atoms with Crippen LogP contribution >= 0.6 is 11.8 Å². The molecule has 3 nitrogen and oxygen atoms in total. The number of thioether (sulfide) groups is 1. The lowest BCUT2D eigenvalue weighted by Crippen LogP contribution is -2.00. The standard InChI is InChI=1S/C8H15N3S/c1-7-6-8(11(2)10-7)12-5-3-4-9/h6H,3-5,9H2,1-2H3. The Morgan fingerprint density at radius 1 is 1.67 bits per heavy atom. The van der Waals surface area contributed by atoms with Crippen molar-refractivity contribution in [2.24, 2.45) is 12.8 Å². The van der Waals surface area contributed by atoms with Gasteiger partial charge in [-0.05, 0) is 26.0 Å². The van der Waals surface area contributed by atoms with Crippen LogP contribution in [0.4, 0.5) is 0 Å². The number of rotatable bonds is 4. The first-order chi connectivity index (χ1) is 5.74. The molecular weight excluding hydrogens is 170 g/mol. The second-order valence-electron chi connectivity index (χ2n) is 2.74. The molecule has 12 heavy (non-hydrogen) atoms. The predicted octanol–water partition coefficient (Wildman–Crippen LogP) is 1.17. The van der Waals surface area contributed by atoms with Gasteiger partial charge in [-0.3, -0.25) is 4.68 Å². The first kappa shape index (κ1) is 9.61. The van der Waals surface area contributed by atoms with E-state index in [0.717, 1.165) is 24.4 Å². The van der Waals surface area contributed by atoms with E-state index in [1.165, 1.54) is 5.03 Å². The zero-order valence-corrected chi connectivity index (χ0v) is 8.40. The van der Waals surface area contributed by atoms with Gasteiger partial charge in [0.1, 0.15) is 0 Å². The Morgan fingerprint density at radius 3 is 2.92 bits per heavy atom. The van der Waals surface area contributed by atoms with Crippen LogP contribution in [0.2, 0.25) is 0 Å². The van der Waals surface area contributed by atoms with Crippen LogP contribution in [0.1, 0.15) is 12.1 Å². The predicted molar refractivity (Wildman–Crippen MR) is 52.3 cm³/mol. The van der Waals surface area contributed by atoms with Gasteiger partial charge >= 0.3 is 0 Å². The highest BCUT2D eigenvalue weighted by Crippen LogP contribution is 2.18. The molecule has 2 N–H and O–H groups in total. The highest BCUT2D eigenvalue weighted by atomic mass is 32.2. The van der Waals surface area contributed by atoms with E-state index in [1.807, 2.05) is 30.4 Å². The van der Waals surface area contributed by atoms with E-state index in [0.29, 0.717) is 0 Å². The van der Waals surface area contributed by atoms with Gasteiger partial charge in [0.05, 0.1) is 10.7 Å². The fourth-order valence-electron chi connectivity index (χ4n) is 0.982. The minimum Gasteiger partial charge on any atom is -0.330 e. The lowest BCUT2D eigenvalue weighted by molar-refractivity contribution is 0.692. The second kappa shape index (κ2) is 4.52. The van der Waals surface area contributed by atoms with Crippen molar-refractivity contribution in [3.8, 4) is 0 Å². The fraction of sp³-hybridized carbons (Fsp3) is 0.625. The number of aryl methyl sites for hydroxylation is 2. The van der Waals surface area contributed by atoms with Crippen LogP contribution in [0.3, 0.4) is 0 Å². The van der Waals surface area contributed by atoms with E-state index in [1.54, 1.807) is 0 Å². The van der Waals surface area contributed by atoms with Crippen molar-refractivity contribution in [2.45, 2.75) is 18.4 Å². The molecule has 0 aromatic carbocycles. The molecule has 0 spiro atoms. The molecule has 0 saturated carbocycles. The maximum Gasteiger partial charge on any atom is 0.0939 e. The van der Waals surface area contributed by atoms with Gasteiger partial charge in [0, 0.05) is 12.8 Å². The number of aromatic nitrogens is 2. The van der Waals surface area contributed by atoms with Crippen LogP contribution in [-0.4, -0.2) is 22.1 Å². The Balaban J connectivity index is 2.45. The smallest absolute Gasteiger partial charge is 0.0939 e. The van der Waals surface area contributed by atoms with E-state index in [9.17, 15) is 0 Å². The lowest BCUT2D eigenvalue weighted by Gasteiger charge is -1.99. The molecule has 0 amide bonds. The number of nitrogens with two attached hydrogens (primary N) is 1. The molecule has 0 unspecified atom stereocenters. The van der Waals surface area contributed by atoms with Gasteiger partial charge in [0.25, 0.3) is 0 Å². The summed E-state index contributed by atoms with van der Waals surface area (Å²) in [6, 6.07) is 2.10. The van der Waals surface area contributed by atoms with Gasteiger partial charge in [-0.2, -0.15) is 5.10 Å². The van der Waals surface area contributed by atoms with Gasteiger partial charge in [-0.25, -0.2) is 0 Å². The third-order valence-electron chi connectivity index (χ3n) is 1.56. The fourth-order valence-corrected chi connectivity index (χ4v) is 1.98. The molecule has 0 fully saturated rings. The Morgan fingerprint density at radius 2 is 2.42 bits per heavy atom. The van der Waals surface area contributed by atoms with Crippen LogP contribution in [0.15, 0.2) is 11.1 Å². The Kier molecular flexibility index (Phi) is 3.62. The Hall–Kier alpha value is -0.480. The van der Waals surface area contributed by atoms with Crippen LogP contribution in [0, 0.1) is 6.92 Å². The molecule has 0 bridgehead atoms. The lowest BCUT2D eigenvalue weighted by atomic mass is 10.5. The molecule has 0 aliphatic heterocycles. The quantitative estimate of drug-likeness (QED) is 0.565. The average molecular weight is 185 g/mol. The van der Waals surface area contributed by atoms with Crippen molar-refractivity contribution in [3.05, 3.63) is 11.8 Å².